The normalized spacial score (nSPS) is 25.3. The molecule has 0 spiro atoms. The predicted molar refractivity (Wildman–Crippen MR) is 90.6 cm³/mol. The first-order valence-electron chi connectivity index (χ1n) is 8.05. The maximum absolute atomic E-state index is 6.16. The molecule has 0 aromatic heterocycles. The Kier molecular flexibility index (Phi) is 4.18. The van der Waals surface area contributed by atoms with E-state index in [2.05, 4.69) is 34.6 Å². The highest BCUT2D eigenvalue weighted by atomic mass is 16.5. The van der Waals surface area contributed by atoms with Crippen LogP contribution in [0.15, 0.2) is 29.3 Å². The summed E-state index contributed by atoms with van der Waals surface area (Å²) in [6.45, 7) is 7.43. The van der Waals surface area contributed by atoms with Crippen molar-refractivity contribution in [3.8, 4) is 5.75 Å². The number of hydrazine groups is 1. The second-order valence-corrected chi connectivity index (χ2v) is 6.83. The average molecular weight is 318 g/mol. The van der Waals surface area contributed by atoms with Gasteiger partial charge in [-0.05, 0) is 51.9 Å². The summed E-state index contributed by atoms with van der Waals surface area (Å²) in [5.74, 6) is 0.0740. The number of nitrogens with two attached hydrogens (primary N) is 2. The Morgan fingerprint density at radius 2 is 1.91 bits per heavy atom. The van der Waals surface area contributed by atoms with Crippen molar-refractivity contribution >= 4 is 5.96 Å². The van der Waals surface area contributed by atoms with E-state index in [0.29, 0.717) is 6.61 Å². The second-order valence-electron chi connectivity index (χ2n) is 6.83. The minimum Gasteiger partial charge on any atom is -0.492 e. The van der Waals surface area contributed by atoms with Crippen LogP contribution in [-0.4, -0.2) is 36.1 Å². The summed E-state index contributed by atoms with van der Waals surface area (Å²) in [7, 11) is 0. The van der Waals surface area contributed by atoms with Crippen LogP contribution in [-0.2, 0) is 5.79 Å². The van der Waals surface area contributed by atoms with Gasteiger partial charge in [0.2, 0.25) is 11.7 Å². The van der Waals surface area contributed by atoms with Crippen LogP contribution >= 0.6 is 0 Å². The number of rotatable bonds is 5. The molecule has 7 nitrogen and oxygen atoms in total. The van der Waals surface area contributed by atoms with Crippen LogP contribution in [0.25, 0.3) is 0 Å². The first-order chi connectivity index (χ1) is 10.9. The van der Waals surface area contributed by atoms with Gasteiger partial charge in [0.05, 0.1) is 0 Å². The van der Waals surface area contributed by atoms with E-state index in [-0.39, 0.29) is 11.5 Å². The fraction of sp³-hybridized carbons (Fsp3) is 0.562. The summed E-state index contributed by atoms with van der Waals surface area (Å²) < 4.78 is 5.98. The number of hydrogen-bond donors (Lipinski definition) is 4. The number of benzene rings is 1. The summed E-state index contributed by atoms with van der Waals surface area (Å²) in [5.41, 5.74) is 18.2. The van der Waals surface area contributed by atoms with Crippen molar-refractivity contribution in [3.63, 3.8) is 0 Å². The van der Waals surface area contributed by atoms with Gasteiger partial charge in [-0.1, -0.05) is 12.1 Å². The average Bonchev–Trinajstić information content (AvgIpc) is 3.17. The molecular formula is C16H26N6O. The van der Waals surface area contributed by atoms with Crippen LogP contribution in [0.5, 0.6) is 5.75 Å². The number of guanidine groups is 1. The molecule has 0 radical (unpaired) electrons. The lowest BCUT2D eigenvalue weighted by molar-refractivity contribution is 0.0894. The molecule has 1 saturated heterocycles. The minimum atomic E-state index is -1.03. The van der Waals surface area contributed by atoms with E-state index in [9.17, 15) is 0 Å². The van der Waals surface area contributed by atoms with E-state index in [1.54, 1.807) is 0 Å². The van der Waals surface area contributed by atoms with Crippen LogP contribution in [0.1, 0.15) is 32.3 Å². The van der Waals surface area contributed by atoms with Gasteiger partial charge in [-0.15, -0.1) is 0 Å². The quantitative estimate of drug-likeness (QED) is 0.628. The van der Waals surface area contributed by atoms with E-state index < -0.39 is 5.79 Å². The van der Waals surface area contributed by atoms with E-state index >= 15 is 0 Å². The fourth-order valence-corrected chi connectivity index (χ4v) is 3.02. The van der Waals surface area contributed by atoms with Gasteiger partial charge in [-0.3, -0.25) is 16.1 Å². The zero-order valence-corrected chi connectivity index (χ0v) is 13.8. The zero-order valence-electron chi connectivity index (χ0n) is 13.8. The molecule has 0 aliphatic carbocycles. The third-order valence-electron chi connectivity index (χ3n) is 4.53. The summed E-state index contributed by atoms with van der Waals surface area (Å²) in [5, 5.41) is 0. The Labute approximate surface area is 137 Å². The van der Waals surface area contributed by atoms with Gasteiger partial charge in [0, 0.05) is 11.1 Å². The first kappa shape index (κ1) is 16.0. The fourth-order valence-electron chi connectivity index (χ4n) is 3.02. The third kappa shape index (κ3) is 3.41. The van der Waals surface area contributed by atoms with Crippen LogP contribution in [0.3, 0.4) is 0 Å². The molecule has 2 aliphatic heterocycles. The van der Waals surface area contributed by atoms with Crippen LogP contribution in [0.4, 0.5) is 0 Å². The maximum atomic E-state index is 6.16. The minimum absolute atomic E-state index is 0.0416. The van der Waals surface area contributed by atoms with Gasteiger partial charge in [0.25, 0.3) is 0 Å². The van der Waals surface area contributed by atoms with E-state index in [0.717, 1.165) is 24.4 Å². The summed E-state index contributed by atoms with van der Waals surface area (Å²) >= 11 is 0. The molecule has 3 rings (SSSR count). The molecule has 1 aromatic carbocycles. The lowest BCUT2D eigenvalue weighted by Crippen LogP contribution is -2.50. The van der Waals surface area contributed by atoms with Crippen molar-refractivity contribution in [2.45, 2.75) is 38.0 Å². The zero-order chi connectivity index (χ0) is 16.5. The molecule has 0 saturated carbocycles. The van der Waals surface area contributed by atoms with Gasteiger partial charge in [0.1, 0.15) is 12.4 Å². The summed E-state index contributed by atoms with van der Waals surface area (Å²) in [4.78, 5) is 6.65. The standard InChI is InChI=1S/C16H26N6O/c1-15(2,22-9-3-4-10-22)11-23-13-7-5-12(6-8-13)16(18)19-14(17)20-21-16/h5-8,21H,3-4,9-11,18H2,1-2H3,(H3,17,19,20). The predicted octanol–water partition coefficient (Wildman–Crippen LogP) is 0.431. The van der Waals surface area contributed by atoms with Gasteiger partial charge in [0.15, 0.2) is 0 Å². The van der Waals surface area contributed by atoms with Gasteiger partial charge in [-0.25, -0.2) is 4.99 Å². The smallest absolute Gasteiger partial charge is 0.209 e. The third-order valence-corrected chi connectivity index (χ3v) is 4.53. The van der Waals surface area contributed by atoms with Crippen LogP contribution in [0.2, 0.25) is 0 Å². The number of aliphatic imine (C=N–C) groups is 1. The van der Waals surface area contributed by atoms with Gasteiger partial charge >= 0.3 is 0 Å². The van der Waals surface area contributed by atoms with E-state index in [1.165, 1.54) is 12.8 Å². The number of likely N-dealkylation sites (tertiary alicyclic amines) is 1. The Morgan fingerprint density at radius 1 is 1.26 bits per heavy atom. The molecule has 1 fully saturated rings. The largest absolute Gasteiger partial charge is 0.492 e. The molecular weight excluding hydrogens is 292 g/mol. The number of ether oxygens (including phenoxy) is 1. The van der Waals surface area contributed by atoms with Crippen LogP contribution < -0.4 is 27.1 Å². The van der Waals surface area contributed by atoms with Gasteiger partial charge < -0.3 is 10.5 Å². The molecule has 2 heterocycles. The van der Waals surface area contributed by atoms with Crippen LogP contribution in [0, 0.1) is 0 Å². The molecule has 2 aliphatic rings. The lowest BCUT2D eigenvalue weighted by Gasteiger charge is -2.35. The lowest BCUT2D eigenvalue weighted by atomic mass is 10.1. The Bertz CT molecular complexity index is 579. The monoisotopic (exact) mass is 318 g/mol. The van der Waals surface area contributed by atoms with Crippen molar-refractivity contribution in [1.29, 1.82) is 0 Å². The number of hydrogen-bond acceptors (Lipinski definition) is 7. The molecule has 0 bridgehead atoms. The van der Waals surface area contributed by atoms with Crippen molar-refractivity contribution in [3.05, 3.63) is 29.8 Å². The summed E-state index contributed by atoms with van der Waals surface area (Å²) in [6, 6.07) is 7.62. The second kappa shape index (κ2) is 5.99. The summed E-state index contributed by atoms with van der Waals surface area (Å²) in [6.07, 6.45) is 2.56. The van der Waals surface area contributed by atoms with Gasteiger partial charge in [-0.2, -0.15) is 5.43 Å². The highest BCUT2D eigenvalue weighted by Gasteiger charge is 2.32. The molecule has 1 unspecified atom stereocenters. The molecule has 6 N–H and O–H groups in total. The molecule has 0 amide bonds. The van der Waals surface area contributed by atoms with E-state index in [1.807, 2.05) is 24.3 Å². The molecule has 23 heavy (non-hydrogen) atoms. The molecule has 1 aromatic rings. The SMILES string of the molecule is CC(C)(COc1ccc(C2(N)N=C(N)NN2)cc1)N1CCCC1. The Hall–Kier alpha value is -1.83. The molecule has 7 heteroatoms. The van der Waals surface area contributed by atoms with Crippen molar-refractivity contribution in [1.82, 2.24) is 15.8 Å². The number of nitrogens with one attached hydrogen (secondary N) is 2. The Morgan fingerprint density at radius 3 is 2.48 bits per heavy atom. The topological polar surface area (TPSA) is 101 Å². The molecule has 126 valence electrons. The highest BCUT2D eigenvalue weighted by molar-refractivity contribution is 5.79. The van der Waals surface area contributed by atoms with E-state index in [4.69, 9.17) is 16.2 Å². The molecule has 1 atom stereocenters. The van der Waals surface area contributed by atoms with Crippen molar-refractivity contribution in [2.75, 3.05) is 19.7 Å². The Balaban J connectivity index is 1.62. The highest BCUT2D eigenvalue weighted by Crippen LogP contribution is 2.24. The maximum Gasteiger partial charge on any atom is 0.209 e. The number of nitrogens with zero attached hydrogens (tertiary/aromatic N) is 2. The van der Waals surface area contributed by atoms with Crippen molar-refractivity contribution in [2.24, 2.45) is 16.5 Å². The first-order valence-corrected chi connectivity index (χ1v) is 8.05. The van der Waals surface area contributed by atoms with Crippen molar-refractivity contribution < 1.29 is 4.74 Å².